The second-order valence-corrected chi connectivity index (χ2v) is 6.57. The van der Waals surface area contributed by atoms with E-state index in [0.29, 0.717) is 5.06 Å². The monoisotopic (exact) mass is 315 g/mol. The molecule has 0 spiro atoms. The summed E-state index contributed by atoms with van der Waals surface area (Å²) in [5, 5.41) is 11.1. The first-order chi connectivity index (χ1) is 10.7. The topological polar surface area (TPSA) is 27.5 Å². The lowest BCUT2D eigenvalue weighted by Gasteiger charge is -2.20. The van der Waals surface area contributed by atoms with E-state index in [1.165, 1.54) is 77.0 Å². The molecule has 0 unspecified atom stereocenters. The van der Waals surface area contributed by atoms with Crippen molar-refractivity contribution < 1.29 is 5.06 Å². The smallest absolute Gasteiger partial charge is 0.0765 e. The molecule has 0 rings (SSSR count). The van der Waals surface area contributed by atoms with Gasteiger partial charge in [0.05, 0.1) is 13.1 Å². The third-order valence-corrected chi connectivity index (χ3v) is 4.01. The van der Waals surface area contributed by atoms with Crippen LogP contribution in [0.2, 0.25) is 0 Å². The summed E-state index contributed by atoms with van der Waals surface area (Å²) in [5.41, 5.74) is 0. The van der Waals surface area contributed by atoms with Gasteiger partial charge in [0.15, 0.2) is 0 Å². The van der Waals surface area contributed by atoms with Crippen LogP contribution in [0, 0.1) is 5.21 Å². The highest BCUT2D eigenvalue weighted by molar-refractivity contribution is 4.47. The molecule has 2 heteroatoms. The van der Waals surface area contributed by atoms with Gasteiger partial charge in [-0.25, -0.2) is 0 Å². The van der Waals surface area contributed by atoms with E-state index in [0.717, 1.165) is 25.9 Å². The predicted molar refractivity (Wildman–Crippen MR) is 101 cm³/mol. The second-order valence-electron chi connectivity index (χ2n) is 6.57. The van der Waals surface area contributed by atoms with Crippen molar-refractivity contribution in [1.82, 2.24) is 0 Å². The molecule has 0 atom stereocenters. The zero-order chi connectivity index (χ0) is 16.9. The minimum Gasteiger partial charge on any atom is -0.634 e. The van der Waals surface area contributed by atoms with Gasteiger partial charge in [0.25, 0.3) is 0 Å². The van der Waals surface area contributed by atoms with Crippen molar-refractivity contribution in [2.24, 2.45) is 0 Å². The van der Waals surface area contributed by atoms with Gasteiger partial charge in [-0.2, -0.15) is 0 Å². The van der Waals surface area contributed by atoms with Crippen LogP contribution in [0.3, 0.4) is 0 Å². The van der Waals surface area contributed by atoms with Crippen molar-refractivity contribution >= 4 is 0 Å². The lowest BCUT2D eigenvalue weighted by atomic mass is 10.1. The maximum Gasteiger partial charge on any atom is 0.0765 e. The summed E-state index contributed by atoms with van der Waals surface area (Å²) >= 11 is 0. The fourth-order valence-electron chi connectivity index (χ4n) is 2.60. The number of rotatable bonds is 15. The lowest BCUT2D eigenvalue weighted by Crippen LogP contribution is -3.07. The van der Waals surface area contributed by atoms with Crippen LogP contribution in [-0.2, 0) is 0 Å². The highest BCUT2D eigenvalue weighted by Gasteiger charge is 1.91. The van der Waals surface area contributed by atoms with Gasteiger partial charge in [0.2, 0.25) is 0 Å². The number of hydroxylamine groups is 2. The van der Waals surface area contributed by atoms with Crippen molar-refractivity contribution in [2.75, 3.05) is 13.1 Å². The van der Waals surface area contributed by atoms with Crippen LogP contribution in [0.25, 0.3) is 0 Å². The second kappa shape index (κ2) is 23.2. The maximum atomic E-state index is 10.6. The Labute approximate surface area is 141 Å². The predicted octanol–water partition coefficient (Wildman–Crippen LogP) is 5.90. The zero-order valence-corrected chi connectivity index (χ0v) is 16.2. The van der Waals surface area contributed by atoms with Crippen LogP contribution in [-0.4, -0.2) is 13.1 Å². The zero-order valence-electron chi connectivity index (χ0n) is 16.2. The summed E-state index contributed by atoms with van der Waals surface area (Å²) in [6.45, 7) is 10.2. The minimum atomic E-state index is 0.412. The van der Waals surface area contributed by atoms with E-state index < -0.39 is 0 Å². The van der Waals surface area contributed by atoms with Crippen LogP contribution in [0.5, 0.6) is 0 Å². The summed E-state index contributed by atoms with van der Waals surface area (Å²) in [6.07, 6.45) is 19.4. The number of hydrogen-bond acceptors (Lipinski definition) is 1. The average Bonchev–Trinajstić information content (AvgIpc) is 2.50. The summed E-state index contributed by atoms with van der Waals surface area (Å²) in [7, 11) is 0. The Bertz CT molecular complexity index is 155. The third-order valence-electron chi connectivity index (χ3n) is 4.01. The summed E-state index contributed by atoms with van der Waals surface area (Å²) < 4.78 is 0. The standard InChI is InChI=1S/C14H30.C6H15NO/c1-3-5-7-9-11-13-14-12-10-8-6-4-2;1-3-5-7(8)6-4-2/h3-14H2,1-2H3;7H,3-6H2,1-2H3. The van der Waals surface area contributed by atoms with Crippen molar-refractivity contribution in [1.29, 1.82) is 0 Å². The Balaban J connectivity index is 0. The molecule has 0 aromatic carbocycles. The molecule has 0 aliphatic heterocycles. The van der Waals surface area contributed by atoms with Gasteiger partial charge in [-0.1, -0.05) is 105 Å². The first-order valence-electron chi connectivity index (χ1n) is 10.2. The molecule has 22 heavy (non-hydrogen) atoms. The molecule has 0 fully saturated rings. The number of unbranched alkanes of at least 4 members (excludes halogenated alkanes) is 11. The molecule has 0 saturated carbocycles. The fourth-order valence-corrected chi connectivity index (χ4v) is 2.60. The van der Waals surface area contributed by atoms with Gasteiger partial charge >= 0.3 is 0 Å². The van der Waals surface area contributed by atoms with E-state index in [-0.39, 0.29) is 0 Å². The summed E-state index contributed by atoms with van der Waals surface area (Å²) in [6, 6.07) is 0. The van der Waals surface area contributed by atoms with Crippen molar-refractivity contribution in [3.05, 3.63) is 5.21 Å². The van der Waals surface area contributed by atoms with E-state index in [4.69, 9.17) is 0 Å². The first kappa shape index (κ1) is 24.2. The summed E-state index contributed by atoms with van der Waals surface area (Å²) in [5.74, 6) is 0. The van der Waals surface area contributed by atoms with E-state index in [9.17, 15) is 5.21 Å². The van der Waals surface area contributed by atoms with E-state index in [1.807, 2.05) is 13.8 Å². The highest BCUT2D eigenvalue weighted by atomic mass is 16.5. The van der Waals surface area contributed by atoms with Crippen LogP contribution >= 0.6 is 0 Å². The van der Waals surface area contributed by atoms with Crippen LogP contribution in [0.1, 0.15) is 118 Å². The molecule has 0 aliphatic rings. The first-order valence-corrected chi connectivity index (χ1v) is 10.2. The van der Waals surface area contributed by atoms with Gasteiger partial charge in [0.1, 0.15) is 0 Å². The number of nitrogens with one attached hydrogen (secondary N) is 1. The van der Waals surface area contributed by atoms with Crippen molar-refractivity contribution in [3.63, 3.8) is 0 Å². The lowest BCUT2D eigenvalue weighted by molar-refractivity contribution is -0.848. The molecular weight excluding hydrogens is 270 g/mol. The Morgan fingerprint density at radius 2 is 0.727 bits per heavy atom. The Hall–Kier alpha value is -0.0800. The Morgan fingerprint density at radius 3 is 0.955 bits per heavy atom. The van der Waals surface area contributed by atoms with Crippen molar-refractivity contribution in [3.8, 4) is 0 Å². The van der Waals surface area contributed by atoms with E-state index in [1.54, 1.807) is 0 Å². The van der Waals surface area contributed by atoms with Crippen LogP contribution in [0.15, 0.2) is 0 Å². The molecule has 0 saturated heterocycles. The van der Waals surface area contributed by atoms with Gasteiger partial charge in [-0.3, -0.25) is 0 Å². The molecule has 0 aromatic rings. The SMILES string of the molecule is CCCCCCCCCCCCCC.CCC[NH+]([O-])CCC. The molecular formula is C20H45NO. The van der Waals surface area contributed by atoms with Crippen LogP contribution in [0.4, 0.5) is 0 Å². The molecule has 0 aliphatic carbocycles. The third kappa shape index (κ3) is 24.9. The molecule has 0 heterocycles. The minimum absolute atomic E-state index is 0.412. The molecule has 0 aromatic heterocycles. The molecule has 0 amide bonds. The summed E-state index contributed by atoms with van der Waals surface area (Å²) in [4.78, 5) is 0. The maximum absolute atomic E-state index is 10.6. The molecule has 136 valence electrons. The molecule has 0 radical (unpaired) electrons. The Kier molecular flexibility index (Phi) is 25.5. The number of hydrogen-bond donors (Lipinski definition) is 1. The average molecular weight is 316 g/mol. The number of quaternary nitrogens is 1. The molecule has 1 N–H and O–H groups in total. The van der Waals surface area contributed by atoms with Gasteiger partial charge in [-0.15, -0.1) is 0 Å². The highest BCUT2D eigenvalue weighted by Crippen LogP contribution is 2.11. The Morgan fingerprint density at radius 1 is 0.455 bits per heavy atom. The normalized spacial score (nSPS) is 10.6. The largest absolute Gasteiger partial charge is 0.634 e. The van der Waals surface area contributed by atoms with E-state index in [2.05, 4.69) is 13.8 Å². The fraction of sp³-hybridized carbons (Fsp3) is 1.00. The van der Waals surface area contributed by atoms with Gasteiger partial charge in [-0.05, 0) is 12.8 Å². The molecule has 0 bridgehead atoms. The van der Waals surface area contributed by atoms with Gasteiger partial charge < -0.3 is 10.3 Å². The molecule has 2 nitrogen and oxygen atoms in total. The van der Waals surface area contributed by atoms with Gasteiger partial charge in [0, 0.05) is 0 Å². The quantitative estimate of drug-likeness (QED) is 0.296. The van der Waals surface area contributed by atoms with Crippen LogP contribution < -0.4 is 5.06 Å². The van der Waals surface area contributed by atoms with E-state index >= 15 is 0 Å². The van der Waals surface area contributed by atoms with Crippen molar-refractivity contribution in [2.45, 2.75) is 118 Å².